The van der Waals surface area contributed by atoms with Gasteiger partial charge in [-0.15, -0.1) is 0 Å². The Balaban J connectivity index is 1.62. The summed E-state index contributed by atoms with van der Waals surface area (Å²) in [5, 5.41) is 12.0. The lowest BCUT2D eigenvalue weighted by molar-refractivity contribution is -0.139. The Morgan fingerprint density at radius 1 is 1.12 bits per heavy atom. The largest absolute Gasteiger partial charge is 0.481 e. The van der Waals surface area contributed by atoms with Crippen molar-refractivity contribution in [3.05, 3.63) is 35.9 Å². The van der Waals surface area contributed by atoms with E-state index in [1.165, 1.54) is 0 Å². The number of carbonyl (C=O) groups excluding carboxylic acids is 2. The number of hydrogen-bond donors (Lipinski definition) is 2. The van der Waals surface area contributed by atoms with E-state index in [1.807, 2.05) is 35.2 Å². The summed E-state index contributed by atoms with van der Waals surface area (Å²) in [5.41, 5.74) is 0.906. The lowest BCUT2D eigenvalue weighted by Gasteiger charge is -2.33. The fraction of sp³-hybridized carbons (Fsp3) is 0.550. The number of carboxylic acids is 1. The van der Waals surface area contributed by atoms with Gasteiger partial charge >= 0.3 is 5.97 Å². The van der Waals surface area contributed by atoms with Gasteiger partial charge < -0.3 is 15.3 Å². The minimum absolute atomic E-state index is 0.00318. The molecule has 2 unspecified atom stereocenters. The summed E-state index contributed by atoms with van der Waals surface area (Å²) < 4.78 is 0. The summed E-state index contributed by atoms with van der Waals surface area (Å²) in [5.74, 6) is -0.823. The summed E-state index contributed by atoms with van der Waals surface area (Å²) in [4.78, 5) is 37.8. The molecule has 2 fully saturated rings. The molecule has 2 amide bonds. The van der Waals surface area contributed by atoms with Crippen molar-refractivity contribution in [1.29, 1.82) is 0 Å². The van der Waals surface area contributed by atoms with Crippen molar-refractivity contribution < 1.29 is 19.5 Å². The molecule has 140 valence electrons. The third-order valence-corrected chi connectivity index (χ3v) is 5.20. The molecule has 26 heavy (non-hydrogen) atoms. The molecule has 1 aliphatic carbocycles. The molecule has 1 saturated carbocycles. The van der Waals surface area contributed by atoms with Crippen LogP contribution in [0.25, 0.3) is 0 Å². The molecule has 6 nitrogen and oxygen atoms in total. The van der Waals surface area contributed by atoms with Gasteiger partial charge in [0.2, 0.25) is 11.8 Å². The molecule has 2 N–H and O–H groups in total. The topological polar surface area (TPSA) is 86.7 Å². The minimum atomic E-state index is -0.876. The summed E-state index contributed by atoms with van der Waals surface area (Å²) in [6, 6.07) is 9.13. The second-order valence-corrected chi connectivity index (χ2v) is 7.30. The highest BCUT2D eigenvalue weighted by Gasteiger charge is 2.37. The Labute approximate surface area is 153 Å². The Morgan fingerprint density at radius 2 is 1.85 bits per heavy atom. The maximum absolute atomic E-state index is 12.8. The van der Waals surface area contributed by atoms with Crippen LogP contribution in [0.1, 0.15) is 50.1 Å². The van der Waals surface area contributed by atoms with Crippen molar-refractivity contribution >= 4 is 17.8 Å². The van der Waals surface area contributed by atoms with Gasteiger partial charge in [0, 0.05) is 25.4 Å². The van der Waals surface area contributed by atoms with Gasteiger partial charge in [-0.25, -0.2) is 0 Å². The van der Waals surface area contributed by atoms with Crippen LogP contribution in [0.3, 0.4) is 0 Å². The standard InChI is InChI=1S/C20H26N2O4/c23-18(24)11-10-17(14-5-2-1-3-6-14)21-19(25)16-7-4-12-22(13-16)20(26)15-8-9-15/h1-3,5-6,15-17H,4,7-13H2,(H,21,25)(H,23,24). The van der Waals surface area contributed by atoms with Gasteiger partial charge in [0.1, 0.15) is 0 Å². The molecular formula is C20H26N2O4. The molecule has 0 radical (unpaired) electrons. The molecule has 0 aromatic heterocycles. The number of benzene rings is 1. The van der Waals surface area contributed by atoms with Gasteiger partial charge in [-0.3, -0.25) is 14.4 Å². The molecule has 1 aromatic rings. The molecule has 0 spiro atoms. The van der Waals surface area contributed by atoms with Crippen LogP contribution in [0.2, 0.25) is 0 Å². The first-order chi connectivity index (χ1) is 12.5. The van der Waals surface area contributed by atoms with Crippen LogP contribution in [0.5, 0.6) is 0 Å². The lowest BCUT2D eigenvalue weighted by Crippen LogP contribution is -2.46. The number of nitrogens with zero attached hydrogens (tertiary/aromatic N) is 1. The van der Waals surface area contributed by atoms with Crippen molar-refractivity contribution in [2.24, 2.45) is 11.8 Å². The number of nitrogens with one attached hydrogen (secondary N) is 1. The van der Waals surface area contributed by atoms with E-state index in [2.05, 4.69) is 5.32 Å². The molecule has 1 saturated heterocycles. The van der Waals surface area contributed by atoms with E-state index in [9.17, 15) is 14.4 Å². The maximum atomic E-state index is 12.8. The second-order valence-electron chi connectivity index (χ2n) is 7.30. The number of piperidine rings is 1. The van der Waals surface area contributed by atoms with Crippen LogP contribution in [-0.4, -0.2) is 40.9 Å². The number of hydrogen-bond acceptors (Lipinski definition) is 3. The van der Waals surface area contributed by atoms with Crippen molar-refractivity contribution in [3.8, 4) is 0 Å². The number of carbonyl (C=O) groups is 3. The van der Waals surface area contributed by atoms with Crippen LogP contribution in [0, 0.1) is 11.8 Å². The maximum Gasteiger partial charge on any atom is 0.303 e. The molecule has 0 bridgehead atoms. The molecule has 1 aliphatic heterocycles. The molecule has 3 rings (SSSR count). The van der Waals surface area contributed by atoms with Crippen molar-refractivity contribution in [1.82, 2.24) is 10.2 Å². The van der Waals surface area contributed by atoms with Crippen molar-refractivity contribution in [3.63, 3.8) is 0 Å². The van der Waals surface area contributed by atoms with E-state index >= 15 is 0 Å². The second kappa shape index (κ2) is 8.34. The first kappa shape index (κ1) is 18.4. The Hall–Kier alpha value is -2.37. The van der Waals surface area contributed by atoms with Gasteiger partial charge in [-0.05, 0) is 37.7 Å². The van der Waals surface area contributed by atoms with Crippen LogP contribution in [0.4, 0.5) is 0 Å². The average Bonchev–Trinajstić information content (AvgIpc) is 3.50. The fourth-order valence-corrected chi connectivity index (χ4v) is 3.54. The van der Waals surface area contributed by atoms with E-state index in [1.54, 1.807) is 0 Å². The zero-order chi connectivity index (χ0) is 18.5. The summed E-state index contributed by atoms with van der Waals surface area (Å²) in [6.45, 7) is 1.21. The quantitative estimate of drug-likeness (QED) is 0.783. The van der Waals surface area contributed by atoms with Gasteiger partial charge in [0.05, 0.1) is 12.0 Å². The van der Waals surface area contributed by atoms with Gasteiger partial charge in [0.15, 0.2) is 0 Å². The molecule has 2 atom stereocenters. The summed E-state index contributed by atoms with van der Waals surface area (Å²) >= 11 is 0. The number of likely N-dealkylation sites (tertiary alicyclic amines) is 1. The summed E-state index contributed by atoms with van der Waals surface area (Å²) in [6.07, 6.45) is 3.89. The number of amides is 2. The normalized spacial score (nSPS) is 21.1. The first-order valence-corrected chi connectivity index (χ1v) is 9.40. The number of carboxylic acid groups (broad SMARTS) is 1. The SMILES string of the molecule is O=C(O)CCC(NC(=O)C1CCCN(C(=O)C2CC2)C1)c1ccccc1. The smallest absolute Gasteiger partial charge is 0.303 e. The third kappa shape index (κ3) is 4.84. The molecular weight excluding hydrogens is 332 g/mol. The highest BCUT2D eigenvalue weighted by Crippen LogP contribution is 2.32. The van der Waals surface area contributed by atoms with Crippen molar-refractivity contribution in [2.45, 2.75) is 44.6 Å². The molecule has 6 heteroatoms. The van der Waals surface area contributed by atoms with Crippen molar-refractivity contribution in [2.75, 3.05) is 13.1 Å². The molecule has 2 aliphatic rings. The minimum Gasteiger partial charge on any atom is -0.481 e. The van der Waals surface area contributed by atoms with E-state index in [0.29, 0.717) is 13.0 Å². The highest BCUT2D eigenvalue weighted by atomic mass is 16.4. The lowest BCUT2D eigenvalue weighted by atomic mass is 9.95. The van der Waals surface area contributed by atoms with Gasteiger partial charge in [-0.2, -0.15) is 0 Å². The zero-order valence-corrected chi connectivity index (χ0v) is 14.9. The van der Waals surface area contributed by atoms with Gasteiger partial charge in [0.25, 0.3) is 0 Å². The predicted molar refractivity (Wildman–Crippen MR) is 96.2 cm³/mol. The molecule has 1 heterocycles. The van der Waals surface area contributed by atoms with E-state index < -0.39 is 5.97 Å². The first-order valence-electron chi connectivity index (χ1n) is 9.40. The van der Waals surface area contributed by atoms with Crippen LogP contribution < -0.4 is 5.32 Å². The molecule has 1 aromatic carbocycles. The average molecular weight is 358 g/mol. The van der Waals surface area contributed by atoms with Crippen LogP contribution in [0.15, 0.2) is 30.3 Å². The van der Waals surface area contributed by atoms with Crippen LogP contribution in [-0.2, 0) is 14.4 Å². The van der Waals surface area contributed by atoms with Gasteiger partial charge in [-0.1, -0.05) is 30.3 Å². The third-order valence-electron chi connectivity index (χ3n) is 5.20. The zero-order valence-electron chi connectivity index (χ0n) is 14.9. The highest BCUT2D eigenvalue weighted by molar-refractivity contribution is 5.83. The van der Waals surface area contributed by atoms with E-state index in [4.69, 9.17) is 5.11 Å². The number of rotatable bonds is 7. The van der Waals surface area contributed by atoms with Crippen LogP contribution >= 0.6 is 0 Å². The van der Waals surface area contributed by atoms with E-state index in [0.717, 1.165) is 37.8 Å². The Kier molecular flexibility index (Phi) is 5.91. The fourth-order valence-electron chi connectivity index (χ4n) is 3.54. The monoisotopic (exact) mass is 358 g/mol. The Bertz CT molecular complexity index is 657. The predicted octanol–water partition coefficient (Wildman–Crippen LogP) is 2.36. The summed E-state index contributed by atoms with van der Waals surface area (Å²) in [7, 11) is 0. The van der Waals surface area contributed by atoms with E-state index in [-0.39, 0.29) is 36.1 Å². The number of aliphatic carboxylic acids is 1. The Morgan fingerprint density at radius 3 is 2.50 bits per heavy atom.